The summed E-state index contributed by atoms with van der Waals surface area (Å²) in [5.74, 6) is -0.457. The molecule has 90 valence electrons. The van der Waals surface area contributed by atoms with Crippen LogP contribution in [0.5, 0.6) is 0 Å². The highest BCUT2D eigenvalue weighted by Crippen LogP contribution is 2.19. The van der Waals surface area contributed by atoms with E-state index in [4.69, 9.17) is 5.73 Å². The Balaban J connectivity index is 2.55. The van der Waals surface area contributed by atoms with E-state index >= 15 is 0 Å². The van der Waals surface area contributed by atoms with Gasteiger partial charge >= 0.3 is 6.18 Å². The molecule has 1 amide bonds. The maximum atomic E-state index is 11.9. The van der Waals surface area contributed by atoms with Crippen molar-refractivity contribution in [1.82, 2.24) is 15.1 Å². The molecule has 8 heteroatoms. The highest BCUT2D eigenvalue weighted by atomic mass is 19.4. The number of nitrogens with one attached hydrogen (secondary N) is 1. The number of H-pyrrole nitrogens is 1. The summed E-state index contributed by atoms with van der Waals surface area (Å²) in [4.78, 5) is 12.5. The number of hydrogen-bond donors (Lipinski definition) is 2. The van der Waals surface area contributed by atoms with Gasteiger partial charge in [-0.25, -0.2) is 0 Å². The first-order chi connectivity index (χ1) is 7.29. The fraction of sp³-hybridized carbons (Fsp3) is 0.500. The van der Waals surface area contributed by atoms with Gasteiger partial charge in [0.05, 0.1) is 6.42 Å². The Morgan fingerprint density at radius 3 is 2.69 bits per heavy atom. The van der Waals surface area contributed by atoms with Crippen molar-refractivity contribution >= 4 is 11.7 Å². The van der Waals surface area contributed by atoms with E-state index in [-0.39, 0.29) is 11.5 Å². The molecule has 0 saturated carbocycles. The smallest absolute Gasteiger partial charge is 0.382 e. The third-order valence-corrected chi connectivity index (χ3v) is 1.91. The standard InChI is InChI=1S/C8H11F3N4O/c1-15(3-2-8(9,10)11)7(16)5-4-6(12)14-13-5/h4H,2-3H2,1H3,(H3,12,13,14). The van der Waals surface area contributed by atoms with E-state index in [1.165, 1.54) is 13.1 Å². The maximum Gasteiger partial charge on any atom is 0.390 e. The number of alkyl halides is 3. The van der Waals surface area contributed by atoms with Crippen molar-refractivity contribution in [1.29, 1.82) is 0 Å². The molecule has 1 aromatic rings. The molecular formula is C8H11F3N4O. The number of nitrogen functional groups attached to an aromatic ring is 1. The highest BCUT2D eigenvalue weighted by Gasteiger charge is 2.28. The van der Waals surface area contributed by atoms with Crippen LogP contribution in [-0.4, -0.2) is 40.8 Å². The summed E-state index contributed by atoms with van der Waals surface area (Å²) in [7, 11) is 1.28. The van der Waals surface area contributed by atoms with Gasteiger partial charge in [-0.1, -0.05) is 0 Å². The molecule has 0 radical (unpaired) electrons. The average molecular weight is 236 g/mol. The van der Waals surface area contributed by atoms with Crippen LogP contribution < -0.4 is 5.73 Å². The van der Waals surface area contributed by atoms with Gasteiger partial charge in [0.15, 0.2) is 0 Å². The third kappa shape index (κ3) is 3.44. The molecule has 0 fully saturated rings. The Bertz CT molecular complexity index is 374. The molecule has 5 nitrogen and oxygen atoms in total. The number of hydrogen-bond acceptors (Lipinski definition) is 3. The minimum absolute atomic E-state index is 0.0715. The lowest BCUT2D eigenvalue weighted by Gasteiger charge is -2.16. The minimum Gasteiger partial charge on any atom is -0.382 e. The van der Waals surface area contributed by atoms with Crippen LogP contribution >= 0.6 is 0 Å². The van der Waals surface area contributed by atoms with Crippen molar-refractivity contribution in [2.24, 2.45) is 0 Å². The number of nitrogens with two attached hydrogens (primary N) is 1. The van der Waals surface area contributed by atoms with E-state index in [9.17, 15) is 18.0 Å². The van der Waals surface area contributed by atoms with Crippen LogP contribution in [0.25, 0.3) is 0 Å². The van der Waals surface area contributed by atoms with Crippen molar-refractivity contribution in [3.05, 3.63) is 11.8 Å². The molecule has 0 atom stereocenters. The zero-order valence-corrected chi connectivity index (χ0v) is 8.51. The second-order valence-corrected chi connectivity index (χ2v) is 3.30. The predicted octanol–water partition coefficient (Wildman–Crippen LogP) is 1.02. The van der Waals surface area contributed by atoms with E-state index in [0.29, 0.717) is 0 Å². The van der Waals surface area contributed by atoms with Crippen LogP contribution in [0.15, 0.2) is 6.07 Å². The Hall–Kier alpha value is -1.73. The van der Waals surface area contributed by atoms with E-state index in [2.05, 4.69) is 10.2 Å². The first-order valence-corrected chi connectivity index (χ1v) is 4.42. The molecule has 0 aliphatic heterocycles. The quantitative estimate of drug-likeness (QED) is 0.822. The molecule has 1 rings (SSSR count). The number of halogens is 3. The van der Waals surface area contributed by atoms with E-state index in [1.807, 2.05) is 0 Å². The van der Waals surface area contributed by atoms with Crippen molar-refractivity contribution in [2.75, 3.05) is 19.3 Å². The lowest BCUT2D eigenvalue weighted by Crippen LogP contribution is -2.30. The fourth-order valence-corrected chi connectivity index (χ4v) is 1.05. The van der Waals surface area contributed by atoms with Gasteiger partial charge in [-0.3, -0.25) is 9.89 Å². The van der Waals surface area contributed by atoms with Crippen LogP contribution in [-0.2, 0) is 0 Å². The van der Waals surface area contributed by atoms with Crippen molar-refractivity contribution in [3.63, 3.8) is 0 Å². The molecule has 0 bridgehead atoms. The van der Waals surface area contributed by atoms with Gasteiger partial charge in [-0.05, 0) is 0 Å². The highest BCUT2D eigenvalue weighted by molar-refractivity contribution is 5.92. The SMILES string of the molecule is CN(CCC(F)(F)F)C(=O)c1cc(N)n[nH]1. The van der Waals surface area contributed by atoms with Crippen LogP contribution in [0.4, 0.5) is 19.0 Å². The first-order valence-electron chi connectivity index (χ1n) is 4.42. The number of carbonyl (C=O) groups is 1. The normalized spacial score (nSPS) is 11.5. The summed E-state index contributed by atoms with van der Waals surface area (Å²) in [6.45, 7) is -0.402. The Kier molecular flexibility index (Phi) is 3.41. The number of carbonyl (C=O) groups excluding carboxylic acids is 1. The average Bonchev–Trinajstić information content (AvgIpc) is 2.59. The third-order valence-electron chi connectivity index (χ3n) is 1.91. The number of amides is 1. The van der Waals surface area contributed by atoms with Crippen LogP contribution in [0.3, 0.4) is 0 Å². The summed E-state index contributed by atoms with van der Waals surface area (Å²) in [6, 6.07) is 1.27. The predicted molar refractivity (Wildman–Crippen MR) is 50.6 cm³/mol. The second kappa shape index (κ2) is 4.42. The summed E-state index contributed by atoms with van der Waals surface area (Å²) in [5.41, 5.74) is 5.34. The largest absolute Gasteiger partial charge is 0.390 e. The molecule has 0 aromatic carbocycles. The molecule has 3 N–H and O–H groups in total. The van der Waals surface area contributed by atoms with Crippen LogP contribution in [0, 0.1) is 0 Å². The monoisotopic (exact) mass is 236 g/mol. The molecule has 0 aliphatic rings. The molecule has 1 aromatic heterocycles. The van der Waals surface area contributed by atoms with Crippen molar-refractivity contribution < 1.29 is 18.0 Å². The van der Waals surface area contributed by atoms with Gasteiger partial charge in [-0.15, -0.1) is 0 Å². The molecule has 1 heterocycles. The molecule has 16 heavy (non-hydrogen) atoms. The second-order valence-electron chi connectivity index (χ2n) is 3.30. The van der Waals surface area contributed by atoms with Gasteiger partial charge in [0.2, 0.25) is 0 Å². The lowest BCUT2D eigenvalue weighted by molar-refractivity contribution is -0.136. The summed E-state index contributed by atoms with van der Waals surface area (Å²) < 4.78 is 35.7. The summed E-state index contributed by atoms with van der Waals surface area (Å²) >= 11 is 0. The van der Waals surface area contributed by atoms with Gasteiger partial charge in [0.1, 0.15) is 11.5 Å². The number of aromatic amines is 1. The fourth-order valence-electron chi connectivity index (χ4n) is 1.05. The van der Waals surface area contributed by atoms with Crippen molar-refractivity contribution in [3.8, 4) is 0 Å². The van der Waals surface area contributed by atoms with Crippen LogP contribution in [0.2, 0.25) is 0 Å². The Morgan fingerprint density at radius 1 is 1.62 bits per heavy atom. The van der Waals surface area contributed by atoms with Crippen molar-refractivity contribution in [2.45, 2.75) is 12.6 Å². The molecule has 0 unspecified atom stereocenters. The number of rotatable bonds is 3. The van der Waals surface area contributed by atoms with E-state index in [1.54, 1.807) is 0 Å². The topological polar surface area (TPSA) is 75.0 Å². The number of anilines is 1. The summed E-state index contributed by atoms with van der Waals surface area (Å²) in [5, 5.41) is 5.85. The number of aromatic nitrogens is 2. The summed E-state index contributed by atoms with van der Waals surface area (Å²) in [6.07, 6.45) is -5.32. The lowest BCUT2D eigenvalue weighted by atomic mass is 10.3. The molecule has 0 aliphatic carbocycles. The van der Waals surface area contributed by atoms with Gasteiger partial charge in [0.25, 0.3) is 5.91 Å². The van der Waals surface area contributed by atoms with Gasteiger partial charge in [0, 0.05) is 19.7 Å². The molecular weight excluding hydrogens is 225 g/mol. The number of nitrogens with zero attached hydrogens (tertiary/aromatic N) is 2. The van der Waals surface area contributed by atoms with E-state index < -0.39 is 25.0 Å². The molecule has 0 spiro atoms. The first kappa shape index (κ1) is 12.3. The maximum absolute atomic E-state index is 11.9. The van der Waals surface area contributed by atoms with E-state index in [0.717, 1.165) is 4.90 Å². The van der Waals surface area contributed by atoms with Gasteiger partial charge < -0.3 is 10.6 Å². The van der Waals surface area contributed by atoms with Gasteiger partial charge in [-0.2, -0.15) is 18.3 Å². The Morgan fingerprint density at radius 2 is 2.25 bits per heavy atom. The van der Waals surface area contributed by atoms with Crippen LogP contribution in [0.1, 0.15) is 16.9 Å². The minimum atomic E-state index is -4.28. The molecule has 0 saturated heterocycles. The Labute approximate surface area is 89.4 Å². The zero-order chi connectivity index (χ0) is 12.3. The zero-order valence-electron chi connectivity index (χ0n) is 8.51.